The van der Waals surface area contributed by atoms with Crippen molar-refractivity contribution < 1.29 is 31.1 Å². The average Bonchev–Trinajstić information content (AvgIpc) is 3.42. The predicted molar refractivity (Wildman–Crippen MR) is 116 cm³/mol. The Balaban J connectivity index is 1.66. The third-order valence-electron chi connectivity index (χ3n) is 6.51. The van der Waals surface area contributed by atoms with Crippen molar-refractivity contribution >= 4 is 15.9 Å². The van der Waals surface area contributed by atoms with E-state index in [0.29, 0.717) is 24.9 Å². The lowest BCUT2D eigenvalue weighted by Crippen LogP contribution is -2.58. The Hall–Kier alpha value is -2.43. The van der Waals surface area contributed by atoms with E-state index in [9.17, 15) is 26.4 Å². The number of nitrogens with zero attached hydrogens (tertiary/aromatic N) is 1. The Morgan fingerprint density at radius 3 is 2.48 bits per heavy atom. The van der Waals surface area contributed by atoms with Crippen LogP contribution in [0.25, 0.3) is 11.1 Å². The van der Waals surface area contributed by atoms with Gasteiger partial charge in [0.1, 0.15) is 17.5 Å². The number of carbonyl (C=O) groups excluding carboxylic acids is 1. The molecule has 6 nitrogen and oxygen atoms in total. The van der Waals surface area contributed by atoms with Crippen LogP contribution in [0.3, 0.4) is 0 Å². The van der Waals surface area contributed by atoms with Crippen molar-refractivity contribution in [1.29, 1.82) is 0 Å². The lowest BCUT2D eigenvalue weighted by molar-refractivity contribution is -0.147. The fraction of sp³-hybridized carbons (Fsp3) is 0.435. The number of benzene rings is 2. The minimum absolute atomic E-state index is 0.0697. The van der Waals surface area contributed by atoms with Crippen molar-refractivity contribution in [2.24, 2.45) is 5.41 Å². The lowest BCUT2D eigenvalue weighted by Gasteiger charge is -2.43. The molecule has 1 amide bonds. The number of methoxy groups -OCH3 is 1. The van der Waals surface area contributed by atoms with Crippen LogP contribution < -0.4 is 4.72 Å². The van der Waals surface area contributed by atoms with Crippen molar-refractivity contribution in [2.45, 2.75) is 24.8 Å². The molecule has 3 atom stereocenters. The third kappa shape index (κ3) is 4.51. The molecule has 33 heavy (non-hydrogen) atoms. The number of amides is 1. The van der Waals surface area contributed by atoms with E-state index in [1.54, 1.807) is 4.90 Å². The predicted octanol–water partition coefficient (Wildman–Crippen LogP) is 3.04. The van der Waals surface area contributed by atoms with Crippen LogP contribution in [0.2, 0.25) is 0 Å². The van der Waals surface area contributed by atoms with Crippen LogP contribution in [0.4, 0.5) is 13.2 Å². The summed E-state index contributed by atoms with van der Waals surface area (Å²) < 4.78 is 73.8. The summed E-state index contributed by atoms with van der Waals surface area (Å²) in [5, 5.41) is 0. The average molecular weight is 483 g/mol. The monoisotopic (exact) mass is 482 g/mol. The Morgan fingerprint density at radius 1 is 1.21 bits per heavy atom. The lowest BCUT2D eigenvalue weighted by atomic mass is 9.89. The van der Waals surface area contributed by atoms with Gasteiger partial charge in [-0.25, -0.2) is 26.3 Å². The first-order valence-corrected chi connectivity index (χ1v) is 12.4. The molecule has 1 aliphatic carbocycles. The molecular weight excluding hydrogens is 457 g/mol. The highest BCUT2D eigenvalue weighted by atomic mass is 32.2. The molecule has 2 aromatic carbocycles. The third-order valence-corrected chi connectivity index (χ3v) is 7.20. The van der Waals surface area contributed by atoms with Gasteiger partial charge < -0.3 is 9.64 Å². The van der Waals surface area contributed by atoms with Crippen molar-refractivity contribution in [1.82, 2.24) is 9.62 Å². The summed E-state index contributed by atoms with van der Waals surface area (Å²) >= 11 is 0. The number of carbonyl (C=O) groups is 1. The Morgan fingerprint density at radius 2 is 1.91 bits per heavy atom. The maximum absolute atomic E-state index is 14.5. The molecule has 0 bridgehead atoms. The molecule has 2 aliphatic rings. The van der Waals surface area contributed by atoms with Gasteiger partial charge in [-0.2, -0.15) is 0 Å². The van der Waals surface area contributed by atoms with E-state index in [1.807, 2.05) is 0 Å². The zero-order valence-electron chi connectivity index (χ0n) is 18.3. The molecule has 0 aromatic heterocycles. The standard InChI is InChI=1S/C23H25F3N2O4S/c1-32-13-23(22(29)28-9-8-15(28)12-27-33(2,30)31)11-18(23)16-7-6-14(24)10-17(16)21-19(25)4-3-5-20(21)26/h3-7,10,15,18,27H,8-9,11-13H2,1-2H3/t15-,18-,23-/m0/s1. The van der Waals surface area contributed by atoms with E-state index in [-0.39, 0.29) is 36.2 Å². The molecular formula is C23H25F3N2O4S. The minimum atomic E-state index is -3.40. The maximum Gasteiger partial charge on any atom is 0.232 e. The molecule has 1 saturated heterocycles. The van der Waals surface area contributed by atoms with Gasteiger partial charge in [0.05, 0.1) is 23.8 Å². The summed E-state index contributed by atoms with van der Waals surface area (Å²) in [6.07, 6.45) is 2.08. The Kier molecular flexibility index (Phi) is 6.28. The number of halogens is 3. The second-order valence-corrected chi connectivity index (χ2v) is 10.6. The van der Waals surface area contributed by atoms with Crippen molar-refractivity contribution in [3.05, 3.63) is 59.4 Å². The number of rotatable bonds is 8. The molecule has 0 unspecified atom stereocenters. The van der Waals surface area contributed by atoms with Crippen LogP contribution in [-0.4, -0.2) is 58.3 Å². The van der Waals surface area contributed by atoms with Crippen LogP contribution in [0, 0.1) is 22.9 Å². The van der Waals surface area contributed by atoms with Crippen molar-refractivity contribution in [3.63, 3.8) is 0 Å². The zero-order chi connectivity index (χ0) is 24.0. The van der Waals surface area contributed by atoms with Gasteiger partial charge in [-0.15, -0.1) is 0 Å². The van der Waals surface area contributed by atoms with Gasteiger partial charge in [0.25, 0.3) is 0 Å². The normalized spacial score (nSPS) is 24.5. The minimum Gasteiger partial charge on any atom is -0.384 e. The largest absolute Gasteiger partial charge is 0.384 e. The summed E-state index contributed by atoms with van der Waals surface area (Å²) in [6.45, 7) is 0.668. The highest BCUT2D eigenvalue weighted by Crippen LogP contribution is 2.62. The van der Waals surface area contributed by atoms with Crippen LogP contribution in [-0.2, 0) is 19.6 Å². The van der Waals surface area contributed by atoms with Crippen LogP contribution in [0.5, 0.6) is 0 Å². The summed E-state index contributed by atoms with van der Waals surface area (Å²) in [5.41, 5.74) is -0.762. The van der Waals surface area contributed by atoms with Gasteiger partial charge in [-0.05, 0) is 48.2 Å². The number of nitrogens with one attached hydrogen (secondary N) is 1. The molecule has 1 aliphatic heterocycles. The van der Waals surface area contributed by atoms with Gasteiger partial charge >= 0.3 is 0 Å². The summed E-state index contributed by atoms with van der Waals surface area (Å²) in [5.74, 6) is -2.91. The number of ether oxygens (including phenoxy) is 1. The fourth-order valence-corrected chi connectivity index (χ4v) is 5.18. The summed E-state index contributed by atoms with van der Waals surface area (Å²) in [6, 6.07) is 6.92. The number of hydrogen-bond donors (Lipinski definition) is 1. The molecule has 1 saturated carbocycles. The SMILES string of the molecule is COC[C@@]1(C(=O)N2CC[C@H]2CNS(C)(=O)=O)C[C@H]1c1ccc(F)cc1-c1c(F)cccc1F. The smallest absolute Gasteiger partial charge is 0.232 e. The quantitative estimate of drug-likeness (QED) is 0.628. The van der Waals surface area contributed by atoms with E-state index < -0.39 is 38.8 Å². The van der Waals surface area contributed by atoms with Crippen LogP contribution in [0.1, 0.15) is 24.3 Å². The maximum atomic E-state index is 14.5. The zero-order valence-corrected chi connectivity index (χ0v) is 19.1. The van der Waals surface area contributed by atoms with Crippen molar-refractivity contribution in [2.75, 3.05) is 33.1 Å². The Labute approximate surface area is 190 Å². The molecule has 4 rings (SSSR count). The molecule has 1 heterocycles. The first-order chi connectivity index (χ1) is 15.6. The molecule has 2 fully saturated rings. The molecule has 2 aromatic rings. The molecule has 10 heteroatoms. The van der Waals surface area contributed by atoms with Gasteiger partial charge in [0.15, 0.2) is 0 Å². The first kappa shape index (κ1) is 23.7. The summed E-state index contributed by atoms with van der Waals surface area (Å²) in [4.78, 5) is 15.1. The van der Waals surface area contributed by atoms with Gasteiger partial charge in [0.2, 0.25) is 15.9 Å². The fourth-order valence-electron chi connectivity index (χ4n) is 4.69. The van der Waals surface area contributed by atoms with Crippen molar-refractivity contribution in [3.8, 4) is 11.1 Å². The van der Waals surface area contributed by atoms with E-state index in [0.717, 1.165) is 24.5 Å². The van der Waals surface area contributed by atoms with E-state index in [1.165, 1.54) is 25.3 Å². The van der Waals surface area contributed by atoms with Gasteiger partial charge in [-0.1, -0.05) is 12.1 Å². The summed E-state index contributed by atoms with van der Waals surface area (Å²) in [7, 11) is -1.93. The number of likely N-dealkylation sites (tertiary alicyclic amines) is 1. The van der Waals surface area contributed by atoms with Crippen LogP contribution in [0.15, 0.2) is 36.4 Å². The van der Waals surface area contributed by atoms with Crippen LogP contribution >= 0.6 is 0 Å². The second kappa shape index (κ2) is 8.73. The highest BCUT2D eigenvalue weighted by molar-refractivity contribution is 7.88. The second-order valence-electron chi connectivity index (χ2n) is 8.74. The number of hydrogen-bond acceptors (Lipinski definition) is 4. The van der Waals surface area contributed by atoms with E-state index in [2.05, 4.69) is 4.72 Å². The molecule has 0 spiro atoms. The molecule has 178 valence electrons. The molecule has 1 N–H and O–H groups in total. The topological polar surface area (TPSA) is 75.7 Å². The van der Waals surface area contributed by atoms with Gasteiger partial charge in [-0.3, -0.25) is 4.79 Å². The highest BCUT2D eigenvalue weighted by Gasteiger charge is 2.63. The van der Waals surface area contributed by atoms with E-state index >= 15 is 0 Å². The first-order valence-electron chi connectivity index (χ1n) is 10.6. The number of sulfonamides is 1. The molecule has 0 radical (unpaired) electrons. The van der Waals surface area contributed by atoms with E-state index in [4.69, 9.17) is 4.74 Å². The van der Waals surface area contributed by atoms with Gasteiger partial charge in [0, 0.05) is 32.2 Å². The Bertz CT molecular complexity index is 1170.